The highest BCUT2D eigenvalue weighted by Gasteiger charge is 2.19. The summed E-state index contributed by atoms with van der Waals surface area (Å²) in [5.74, 6) is 0.207. The van der Waals surface area contributed by atoms with Crippen LogP contribution >= 0.6 is 0 Å². The molecular weight excluding hydrogens is 576 g/mol. The van der Waals surface area contributed by atoms with Crippen molar-refractivity contribution in [1.29, 1.82) is 0 Å². The van der Waals surface area contributed by atoms with Gasteiger partial charge in [-0.15, -0.1) is 0 Å². The van der Waals surface area contributed by atoms with E-state index in [9.17, 15) is 9.59 Å². The standard InChI is InChI=1S/C40H38O6/c1-5-39(41)45-25-27(3)23-43-37-22-38(44-24-28(4)26-46-40(42)6-2)36(34-18-16-30-12-8-10-14-32(30)20-34)21-35(37)33-17-15-29-11-7-9-13-31(29)19-33/h5-22,27-28H,1-2,23-26H2,3-4H3. The van der Waals surface area contributed by atoms with Gasteiger partial charge in [0.1, 0.15) is 11.5 Å². The fraction of sp³-hybridized carbons (Fsp3) is 0.200. The van der Waals surface area contributed by atoms with Gasteiger partial charge in [0.2, 0.25) is 0 Å². The number of carbonyl (C=O) groups excluding carboxylic acids is 2. The minimum atomic E-state index is -0.466. The zero-order chi connectivity index (χ0) is 32.5. The molecule has 46 heavy (non-hydrogen) atoms. The van der Waals surface area contributed by atoms with Gasteiger partial charge in [-0.3, -0.25) is 0 Å². The smallest absolute Gasteiger partial charge is 0.330 e. The number of rotatable bonds is 14. The molecule has 5 rings (SSSR count). The van der Waals surface area contributed by atoms with E-state index in [2.05, 4.69) is 79.9 Å². The van der Waals surface area contributed by atoms with Gasteiger partial charge >= 0.3 is 11.9 Å². The summed E-state index contributed by atoms with van der Waals surface area (Å²) in [6.07, 6.45) is 2.31. The Balaban J connectivity index is 1.57. The molecule has 2 unspecified atom stereocenters. The fourth-order valence-electron chi connectivity index (χ4n) is 5.09. The summed E-state index contributed by atoms with van der Waals surface area (Å²) in [7, 11) is 0. The van der Waals surface area contributed by atoms with Gasteiger partial charge in [-0.25, -0.2) is 9.59 Å². The maximum Gasteiger partial charge on any atom is 0.330 e. The quantitative estimate of drug-likeness (QED) is 0.0920. The highest BCUT2D eigenvalue weighted by Crippen LogP contribution is 2.42. The molecular formula is C40H38O6. The zero-order valence-corrected chi connectivity index (χ0v) is 26.2. The second-order valence-corrected chi connectivity index (χ2v) is 11.5. The molecule has 0 bridgehead atoms. The summed E-state index contributed by atoms with van der Waals surface area (Å²) < 4.78 is 23.4. The average Bonchev–Trinajstić information content (AvgIpc) is 3.10. The molecule has 0 aliphatic heterocycles. The second kappa shape index (κ2) is 15.1. The van der Waals surface area contributed by atoms with Crippen molar-refractivity contribution >= 4 is 33.5 Å². The van der Waals surface area contributed by atoms with Crippen LogP contribution in [-0.2, 0) is 19.1 Å². The lowest BCUT2D eigenvalue weighted by atomic mass is 9.94. The summed E-state index contributed by atoms with van der Waals surface area (Å²) in [6.45, 7) is 11.9. The summed E-state index contributed by atoms with van der Waals surface area (Å²) >= 11 is 0. The van der Waals surface area contributed by atoms with E-state index in [4.69, 9.17) is 18.9 Å². The highest BCUT2D eigenvalue weighted by molar-refractivity contribution is 5.92. The molecule has 0 heterocycles. The Bertz CT molecular complexity index is 1740. The number of ether oxygens (including phenoxy) is 4. The van der Waals surface area contributed by atoms with Crippen molar-refractivity contribution < 1.29 is 28.5 Å². The first-order valence-corrected chi connectivity index (χ1v) is 15.3. The number of carbonyl (C=O) groups is 2. The molecule has 2 atom stereocenters. The third kappa shape index (κ3) is 8.02. The summed E-state index contributed by atoms with van der Waals surface area (Å²) in [5.41, 5.74) is 3.81. The van der Waals surface area contributed by atoms with E-state index in [0.717, 1.165) is 56.0 Å². The van der Waals surface area contributed by atoms with Crippen LogP contribution in [-0.4, -0.2) is 38.4 Å². The van der Waals surface area contributed by atoms with Crippen LogP contribution in [0.4, 0.5) is 0 Å². The molecule has 0 saturated heterocycles. The first-order chi connectivity index (χ1) is 22.3. The summed E-state index contributed by atoms with van der Waals surface area (Å²) in [5, 5.41) is 4.52. The molecule has 6 heteroatoms. The first-order valence-electron chi connectivity index (χ1n) is 15.3. The third-order valence-electron chi connectivity index (χ3n) is 7.60. The van der Waals surface area contributed by atoms with Crippen molar-refractivity contribution in [3.8, 4) is 33.8 Å². The molecule has 0 fully saturated rings. The van der Waals surface area contributed by atoms with Crippen LogP contribution in [0.1, 0.15) is 13.8 Å². The van der Waals surface area contributed by atoms with Crippen LogP contribution in [0.3, 0.4) is 0 Å². The lowest BCUT2D eigenvalue weighted by molar-refractivity contribution is -0.140. The number of benzene rings is 5. The van der Waals surface area contributed by atoms with Crippen LogP contribution in [0.2, 0.25) is 0 Å². The molecule has 0 aliphatic carbocycles. The van der Waals surface area contributed by atoms with Crippen molar-refractivity contribution in [3.05, 3.63) is 122 Å². The fourth-order valence-corrected chi connectivity index (χ4v) is 5.09. The molecule has 0 spiro atoms. The van der Waals surface area contributed by atoms with E-state index in [1.807, 2.05) is 44.2 Å². The van der Waals surface area contributed by atoms with Gasteiger partial charge in [0, 0.05) is 41.2 Å². The minimum absolute atomic E-state index is 0.0718. The molecule has 0 amide bonds. The molecule has 0 aromatic heterocycles. The highest BCUT2D eigenvalue weighted by atomic mass is 16.5. The first kappa shape index (κ1) is 32.0. The van der Waals surface area contributed by atoms with Gasteiger partial charge in [0.25, 0.3) is 0 Å². The monoisotopic (exact) mass is 614 g/mol. The molecule has 0 radical (unpaired) electrons. The summed E-state index contributed by atoms with van der Waals surface area (Å²) in [4.78, 5) is 23.3. The van der Waals surface area contributed by atoms with E-state index in [1.54, 1.807) is 0 Å². The van der Waals surface area contributed by atoms with E-state index in [-0.39, 0.29) is 25.0 Å². The van der Waals surface area contributed by atoms with Crippen molar-refractivity contribution in [2.24, 2.45) is 11.8 Å². The van der Waals surface area contributed by atoms with Crippen LogP contribution in [0, 0.1) is 11.8 Å². The van der Waals surface area contributed by atoms with Gasteiger partial charge < -0.3 is 18.9 Å². The molecule has 5 aromatic carbocycles. The van der Waals surface area contributed by atoms with Crippen molar-refractivity contribution in [1.82, 2.24) is 0 Å². The normalized spacial score (nSPS) is 12.2. The predicted molar refractivity (Wildman–Crippen MR) is 184 cm³/mol. The van der Waals surface area contributed by atoms with Crippen molar-refractivity contribution in [2.45, 2.75) is 13.8 Å². The van der Waals surface area contributed by atoms with E-state index in [0.29, 0.717) is 24.7 Å². The average molecular weight is 615 g/mol. The molecule has 5 aromatic rings. The molecule has 0 saturated carbocycles. The van der Waals surface area contributed by atoms with Gasteiger partial charge in [-0.1, -0.05) is 99.8 Å². The largest absolute Gasteiger partial charge is 0.492 e. The van der Waals surface area contributed by atoms with Crippen molar-refractivity contribution in [2.75, 3.05) is 26.4 Å². The number of hydrogen-bond acceptors (Lipinski definition) is 6. The minimum Gasteiger partial charge on any atom is -0.492 e. The maximum atomic E-state index is 11.6. The van der Waals surface area contributed by atoms with Gasteiger partial charge in [-0.05, 0) is 50.9 Å². The SMILES string of the molecule is C=CC(=O)OCC(C)COc1cc(OCC(C)COC(=O)C=C)c(-c2ccc3ccccc3c2)cc1-c1ccc2ccccc2c1. The number of hydrogen-bond donors (Lipinski definition) is 0. The van der Waals surface area contributed by atoms with E-state index >= 15 is 0 Å². The topological polar surface area (TPSA) is 71.1 Å². The maximum absolute atomic E-state index is 11.6. The van der Waals surface area contributed by atoms with Crippen LogP contribution in [0.15, 0.2) is 122 Å². The molecule has 0 aliphatic rings. The number of esters is 2. The van der Waals surface area contributed by atoms with E-state index in [1.165, 1.54) is 0 Å². The lowest BCUT2D eigenvalue weighted by Crippen LogP contribution is -2.18. The van der Waals surface area contributed by atoms with Crippen LogP contribution in [0.25, 0.3) is 43.8 Å². The second-order valence-electron chi connectivity index (χ2n) is 11.5. The third-order valence-corrected chi connectivity index (χ3v) is 7.60. The molecule has 6 nitrogen and oxygen atoms in total. The van der Waals surface area contributed by atoms with Gasteiger partial charge in [-0.2, -0.15) is 0 Å². The van der Waals surface area contributed by atoms with Gasteiger partial charge in [0.15, 0.2) is 0 Å². The Morgan fingerprint density at radius 1 is 0.565 bits per heavy atom. The van der Waals surface area contributed by atoms with E-state index < -0.39 is 11.9 Å². The predicted octanol–water partition coefficient (Wildman–Crippen LogP) is 8.82. The summed E-state index contributed by atoms with van der Waals surface area (Å²) in [6, 6.07) is 33.3. The zero-order valence-electron chi connectivity index (χ0n) is 26.2. The Labute approximate surface area is 269 Å². The molecule has 234 valence electrons. The lowest BCUT2D eigenvalue weighted by Gasteiger charge is -2.21. The molecule has 0 N–H and O–H groups in total. The van der Waals surface area contributed by atoms with Crippen molar-refractivity contribution in [3.63, 3.8) is 0 Å². The van der Waals surface area contributed by atoms with Crippen LogP contribution < -0.4 is 9.47 Å². The Hall–Kier alpha value is -5.36. The van der Waals surface area contributed by atoms with Crippen LogP contribution in [0.5, 0.6) is 11.5 Å². The number of fused-ring (bicyclic) bond motifs is 2. The Kier molecular flexibility index (Phi) is 10.5. The van der Waals surface area contributed by atoms with Gasteiger partial charge in [0.05, 0.1) is 26.4 Å². The Morgan fingerprint density at radius 2 is 0.978 bits per heavy atom. The Morgan fingerprint density at radius 3 is 1.39 bits per heavy atom.